The maximum Gasteiger partial charge on any atom is 0.145 e. The molecule has 1 N–H and O–H groups in total. The number of hydrogen-bond donors (Lipinski definition) is 1. The van der Waals surface area contributed by atoms with E-state index >= 15 is 0 Å². The lowest BCUT2D eigenvalue weighted by atomic mass is 9.57. The topological polar surface area (TPSA) is 64.1 Å². The molecule has 0 spiro atoms. The van der Waals surface area contributed by atoms with E-state index in [-0.39, 0.29) is 12.0 Å². The van der Waals surface area contributed by atoms with Crippen molar-refractivity contribution >= 4 is 0 Å². The minimum Gasteiger partial charge on any atom is -0.396 e. The average molecular weight is 454 g/mol. The third-order valence-corrected chi connectivity index (χ3v) is 8.10. The Labute approximate surface area is 200 Å². The van der Waals surface area contributed by atoms with Crippen LogP contribution in [-0.4, -0.2) is 26.4 Å². The van der Waals surface area contributed by atoms with Crippen LogP contribution >= 0.6 is 0 Å². The predicted molar refractivity (Wildman–Crippen MR) is 132 cm³/mol. The van der Waals surface area contributed by atoms with Gasteiger partial charge < -0.3 is 9.63 Å². The summed E-state index contributed by atoms with van der Waals surface area (Å²) >= 11 is 0. The van der Waals surface area contributed by atoms with Crippen LogP contribution in [0.3, 0.4) is 0 Å². The number of aliphatic hydroxyl groups is 1. The van der Waals surface area contributed by atoms with Gasteiger partial charge in [-0.05, 0) is 55.7 Å². The van der Waals surface area contributed by atoms with Crippen molar-refractivity contribution < 1.29 is 9.63 Å². The van der Waals surface area contributed by atoms with Gasteiger partial charge in [-0.2, -0.15) is 0 Å². The fourth-order valence-corrected chi connectivity index (χ4v) is 6.49. The van der Waals surface area contributed by atoms with Gasteiger partial charge in [-0.25, -0.2) is 4.98 Å². The summed E-state index contributed by atoms with van der Waals surface area (Å²) in [4.78, 5) is 5.41. The number of hydrogen-bond acceptors (Lipinski definition) is 4. The van der Waals surface area contributed by atoms with E-state index in [1.807, 2.05) is 6.20 Å². The fourth-order valence-electron chi connectivity index (χ4n) is 6.49. The van der Waals surface area contributed by atoms with Gasteiger partial charge in [-0.15, -0.1) is 0 Å². The molecular formula is C29H31N3O2. The van der Waals surface area contributed by atoms with E-state index in [2.05, 4.69) is 78.2 Å². The highest BCUT2D eigenvalue weighted by Crippen LogP contribution is 2.54. The number of aryl methyl sites for hydroxylation is 1. The summed E-state index contributed by atoms with van der Waals surface area (Å²) in [5.41, 5.74) is 7.24. The maximum absolute atomic E-state index is 9.32. The lowest BCUT2D eigenvalue weighted by molar-refractivity contribution is 0.171. The summed E-state index contributed by atoms with van der Waals surface area (Å²) < 4.78 is 8.06. The van der Waals surface area contributed by atoms with Crippen molar-refractivity contribution in [2.75, 3.05) is 6.61 Å². The molecule has 2 aromatic carbocycles. The van der Waals surface area contributed by atoms with Gasteiger partial charge in [0, 0.05) is 40.4 Å². The normalized spacial score (nSPS) is 23.3. The van der Waals surface area contributed by atoms with Crippen molar-refractivity contribution in [3.8, 4) is 17.1 Å². The lowest BCUT2D eigenvalue weighted by Gasteiger charge is -2.46. The number of rotatable bonds is 5. The molecule has 2 aromatic heterocycles. The highest BCUT2D eigenvalue weighted by atomic mass is 16.5. The Kier molecular flexibility index (Phi) is 5.18. The van der Waals surface area contributed by atoms with Crippen LogP contribution in [0.4, 0.5) is 0 Å². The second-order valence-electron chi connectivity index (χ2n) is 10.2. The highest BCUT2D eigenvalue weighted by molar-refractivity contribution is 5.62. The van der Waals surface area contributed by atoms with Crippen LogP contribution in [-0.2, 0) is 24.7 Å². The van der Waals surface area contributed by atoms with Gasteiger partial charge in [-0.3, -0.25) is 4.57 Å². The SMILES string of the molecule is C[C@@H]1c2oncc2C[C@]2(C)c3nc(-c4ccccc4)n(-c4cccc(CCCO)c4)c3CCC12. The molecule has 1 unspecified atom stereocenters. The predicted octanol–water partition coefficient (Wildman–Crippen LogP) is 5.63. The summed E-state index contributed by atoms with van der Waals surface area (Å²) in [6.45, 7) is 4.89. The highest BCUT2D eigenvalue weighted by Gasteiger charge is 2.51. The molecule has 0 saturated heterocycles. The molecule has 4 aromatic rings. The second-order valence-corrected chi connectivity index (χ2v) is 10.2. The molecule has 0 aliphatic heterocycles. The van der Waals surface area contributed by atoms with Crippen molar-refractivity contribution in [2.24, 2.45) is 5.92 Å². The molecule has 34 heavy (non-hydrogen) atoms. The fraction of sp³-hybridized carbons (Fsp3) is 0.379. The van der Waals surface area contributed by atoms with E-state index in [9.17, 15) is 5.11 Å². The molecule has 2 aliphatic carbocycles. The molecular weight excluding hydrogens is 422 g/mol. The van der Waals surface area contributed by atoms with Gasteiger partial charge >= 0.3 is 0 Å². The van der Waals surface area contributed by atoms with Crippen LogP contribution in [0.5, 0.6) is 0 Å². The quantitative estimate of drug-likeness (QED) is 0.425. The van der Waals surface area contributed by atoms with Crippen LogP contribution in [0.15, 0.2) is 65.3 Å². The molecule has 5 heteroatoms. The largest absolute Gasteiger partial charge is 0.396 e. The Morgan fingerprint density at radius 2 is 2.00 bits per heavy atom. The summed E-state index contributed by atoms with van der Waals surface area (Å²) in [5, 5.41) is 13.5. The number of benzene rings is 2. The standard InChI is InChI=1S/C29H31N3O2/c1-19-24-13-14-25-27(29(24,2)17-22-18-30-34-26(19)22)31-28(21-10-4-3-5-11-21)32(25)23-12-6-8-20(16-23)9-7-15-33/h3-6,8,10-12,16,18-19,24,33H,7,9,13-15,17H2,1-2H3/t19-,24?,29-/m0/s1. The summed E-state index contributed by atoms with van der Waals surface area (Å²) in [7, 11) is 0. The molecule has 0 fully saturated rings. The first-order valence-electron chi connectivity index (χ1n) is 12.4. The van der Waals surface area contributed by atoms with Gasteiger partial charge in [0.2, 0.25) is 0 Å². The third kappa shape index (κ3) is 3.25. The van der Waals surface area contributed by atoms with Gasteiger partial charge in [0.25, 0.3) is 0 Å². The Morgan fingerprint density at radius 3 is 2.82 bits per heavy atom. The minimum atomic E-state index is -0.0607. The molecule has 0 amide bonds. The molecule has 174 valence electrons. The van der Waals surface area contributed by atoms with Gasteiger partial charge in [-0.1, -0.05) is 61.5 Å². The maximum atomic E-state index is 9.32. The second kappa shape index (κ2) is 8.24. The van der Waals surface area contributed by atoms with E-state index in [4.69, 9.17) is 9.51 Å². The Morgan fingerprint density at radius 1 is 1.15 bits per heavy atom. The van der Waals surface area contributed by atoms with Gasteiger partial charge in [0.05, 0.1) is 11.9 Å². The number of imidazole rings is 1. The average Bonchev–Trinajstić information content (AvgIpc) is 3.49. The third-order valence-electron chi connectivity index (χ3n) is 8.10. The van der Waals surface area contributed by atoms with E-state index < -0.39 is 0 Å². The van der Waals surface area contributed by atoms with E-state index in [1.54, 1.807) is 0 Å². The molecule has 0 saturated carbocycles. The van der Waals surface area contributed by atoms with Crippen molar-refractivity contribution in [2.45, 2.75) is 57.3 Å². The number of aromatic nitrogens is 3. The Bertz CT molecular complexity index is 1320. The molecule has 2 aliphatic rings. The van der Waals surface area contributed by atoms with E-state index in [0.29, 0.717) is 11.8 Å². The Balaban J connectivity index is 1.54. The molecule has 6 rings (SSSR count). The summed E-state index contributed by atoms with van der Waals surface area (Å²) in [6.07, 6.45) is 6.56. The molecule has 3 atom stereocenters. The summed E-state index contributed by atoms with van der Waals surface area (Å²) in [6, 6.07) is 19.3. The molecule has 0 radical (unpaired) electrons. The van der Waals surface area contributed by atoms with Gasteiger partial charge in [0.1, 0.15) is 11.6 Å². The lowest BCUT2D eigenvalue weighted by Crippen LogP contribution is -2.44. The smallest absolute Gasteiger partial charge is 0.145 e. The number of nitrogens with zero attached hydrogens (tertiary/aromatic N) is 3. The van der Waals surface area contributed by atoms with Gasteiger partial charge in [0.15, 0.2) is 0 Å². The number of fused-ring (bicyclic) bond motifs is 4. The first kappa shape index (κ1) is 21.4. The zero-order chi connectivity index (χ0) is 23.3. The van der Waals surface area contributed by atoms with Crippen molar-refractivity contribution in [3.05, 3.63) is 89.1 Å². The van der Waals surface area contributed by atoms with Crippen LogP contribution in [0.1, 0.15) is 60.9 Å². The van der Waals surface area contributed by atoms with E-state index in [1.165, 1.54) is 22.5 Å². The van der Waals surface area contributed by atoms with Crippen LogP contribution < -0.4 is 0 Å². The summed E-state index contributed by atoms with van der Waals surface area (Å²) in [5.74, 6) is 2.88. The zero-order valence-corrected chi connectivity index (χ0v) is 19.9. The first-order valence-corrected chi connectivity index (χ1v) is 12.4. The zero-order valence-electron chi connectivity index (χ0n) is 19.9. The van der Waals surface area contributed by atoms with E-state index in [0.717, 1.165) is 54.9 Å². The number of aliphatic hydroxyl groups excluding tert-OH is 1. The van der Waals surface area contributed by atoms with Crippen LogP contribution in [0.25, 0.3) is 17.1 Å². The monoisotopic (exact) mass is 453 g/mol. The Hall–Kier alpha value is -3.18. The molecule has 0 bridgehead atoms. The molecule has 5 nitrogen and oxygen atoms in total. The van der Waals surface area contributed by atoms with Crippen LogP contribution in [0.2, 0.25) is 0 Å². The molecule has 2 heterocycles. The minimum absolute atomic E-state index is 0.0607. The van der Waals surface area contributed by atoms with Crippen molar-refractivity contribution in [1.82, 2.24) is 14.7 Å². The van der Waals surface area contributed by atoms with Crippen molar-refractivity contribution in [3.63, 3.8) is 0 Å². The van der Waals surface area contributed by atoms with Crippen LogP contribution in [0, 0.1) is 5.92 Å². The van der Waals surface area contributed by atoms with Crippen molar-refractivity contribution in [1.29, 1.82) is 0 Å². The first-order chi connectivity index (χ1) is 16.6.